The molecule has 0 N–H and O–H groups in total. The monoisotopic (exact) mass is 315 g/mol. The molecule has 1 aromatic rings. The molecule has 0 saturated carbocycles. The Bertz CT molecular complexity index is 449. The Morgan fingerprint density at radius 3 is 2.76 bits per heavy atom. The lowest BCUT2D eigenvalue weighted by Crippen LogP contribution is -2.46. The summed E-state index contributed by atoms with van der Waals surface area (Å²) in [7, 11) is 0. The number of carbonyl (C=O) groups is 1. The highest BCUT2D eigenvalue weighted by atomic mass is 79.9. The second-order valence-corrected chi connectivity index (χ2v) is 5.80. The summed E-state index contributed by atoms with van der Waals surface area (Å²) in [5, 5.41) is 0.708. The number of nitrogens with zero attached hydrogens (tertiary/aromatic N) is 1. The van der Waals surface area contributed by atoms with Crippen molar-refractivity contribution in [2.75, 3.05) is 11.4 Å². The van der Waals surface area contributed by atoms with E-state index in [2.05, 4.69) is 27.8 Å². The van der Waals surface area contributed by atoms with Crippen LogP contribution in [-0.2, 0) is 4.79 Å². The standard InChI is InChI=1S/C13H15BrClNO/c1-8-9(2)16(6-5-13(8)17)10-3-4-11(14)12(15)7-10/h3-4,7-9H,5-6H2,1-2H3. The number of ketones is 1. The van der Waals surface area contributed by atoms with Crippen molar-refractivity contribution in [3.8, 4) is 0 Å². The van der Waals surface area contributed by atoms with Crippen LogP contribution in [-0.4, -0.2) is 18.4 Å². The van der Waals surface area contributed by atoms with E-state index < -0.39 is 0 Å². The van der Waals surface area contributed by atoms with Crippen LogP contribution in [0.5, 0.6) is 0 Å². The Kier molecular flexibility index (Phi) is 3.79. The number of rotatable bonds is 1. The van der Waals surface area contributed by atoms with Gasteiger partial charge < -0.3 is 4.90 Å². The molecule has 0 aromatic heterocycles. The van der Waals surface area contributed by atoms with Crippen LogP contribution in [0.25, 0.3) is 0 Å². The van der Waals surface area contributed by atoms with Gasteiger partial charge in [-0.25, -0.2) is 0 Å². The Morgan fingerprint density at radius 2 is 2.12 bits per heavy atom. The maximum absolute atomic E-state index is 11.6. The Hall–Kier alpha value is -0.540. The number of benzene rings is 1. The molecule has 0 radical (unpaired) electrons. The smallest absolute Gasteiger partial charge is 0.139 e. The first kappa shape index (κ1) is 12.9. The maximum Gasteiger partial charge on any atom is 0.139 e. The predicted molar refractivity (Wildman–Crippen MR) is 74.7 cm³/mol. The second kappa shape index (κ2) is 4.99. The topological polar surface area (TPSA) is 20.3 Å². The summed E-state index contributed by atoms with van der Waals surface area (Å²) in [6.45, 7) is 4.87. The van der Waals surface area contributed by atoms with Crippen molar-refractivity contribution in [3.63, 3.8) is 0 Å². The predicted octanol–water partition coefficient (Wildman–Crippen LogP) is 3.91. The van der Waals surface area contributed by atoms with Gasteiger partial charge in [0.1, 0.15) is 5.78 Å². The Balaban J connectivity index is 2.27. The molecule has 2 nitrogen and oxygen atoms in total. The number of piperidine rings is 1. The quantitative estimate of drug-likeness (QED) is 0.783. The molecule has 2 unspecified atom stereocenters. The number of Topliss-reactive ketones (excluding diaryl/α,β-unsaturated/α-hetero) is 1. The molecule has 0 bridgehead atoms. The van der Waals surface area contributed by atoms with Crippen LogP contribution >= 0.6 is 27.5 Å². The second-order valence-electron chi connectivity index (χ2n) is 4.54. The van der Waals surface area contributed by atoms with E-state index in [4.69, 9.17) is 11.6 Å². The third-order valence-electron chi connectivity index (χ3n) is 3.56. The average molecular weight is 317 g/mol. The highest BCUT2D eigenvalue weighted by molar-refractivity contribution is 9.10. The Morgan fingerprint density at radius 1 is 1.41 bits per heavy atom. The molecule has 2 rings (SSSR count). The van der Waals surface area contributed by atoms with Crippen LogP contribution in [0.4, 0.5) is 5.69 Å². The molecule has 0 spiro atoms. The molecule has 0 aliphatic carbocycles. The Labute approximate surface area is 115 Å². The number of anilines is 1. The van der Waals surface area contributed by atoms with E-state index in [-0.39, 0.29) is 12.0 Å². The van der Waals surface area contributed by atoms with Gasteiger partial charge in [0.15, 0.2) is 0 Å². The highest BCUT2D eigenvalue weighted by Crippen LogP contribution is 2.31. The summed E-state index contributed by atoms with van der Waals surface area (Å²) in [5.41, 5.74) is 1.09. The molecular formula is C13H15BrClNO. The normalized spacial score (nSPS) is 25.2. The molecule has 17 heavy (non-hydrogen) atoms. The van der Waals surface area contributed by atoms with Gasteiger partial charge >= 0.3 is 0 Å². The van der Waals surface area contributed by atoms with Crippen molar-refractivity contribution in [2.24, 2.45) is 5.92 Å². The third kappa shape index (κ3) is 2.50. The number of hydrogen-bond donors (Lipinski definition) is 0. The fourth-order valence-electron chi connectivity index (χ4n) is 2.23. The SMILES string of the molecule is CC1C(=O)CCN(c2ccc(Br)c(Cl)c2)C1C. The van der Waals surface area contributed by atoms with Gasteiger partial charge in [0.25, 0.3) is 0 Å². The summed E-state index contributed by atoms with van der Waals surface area (Å²) in [5.74, 6) is 0.447. The minimum absolute atomic E-state index is 0.0890. The van der Waals surface area contributed by atoms with Gasteiger partial charge in [-0.1, -0.05) is 18.5 Å². The van der Waals surface area contributed by atoms with E-state index >= 15 is 0 Å². The minimum Gasteiger partial charge on any atom is -0.368 e. The lowest BCUT2D eigenvalue weighted by atomic mass is 9.90. The zero-order chi connectivity index (χ0) is 12.6. The first-order valence-corrected chi connectivity index (χ1v) is 6.92. The van der Waals surface area contributed by atoms with E-state index in [9.17, 15) is 4.79 Å². The van der Waals surface area contributed by atoms with Crippen molar-refractivity contribution in [3.05, 3.63) is 27.7 Å². The molecule has 92 valence electrons. The van der Waals surface area contributed by atoms with Gasteiger partial charge in [-0.05, 0) is 41.1 Å². The number of carbonyl (C=O) groups excluding carboxylic acids is 1. The highest BCUT2D eigenvalue weighted by Gasteiger charge is 2.30. The fourth-order valence-corrected chi connectivity index (χ4v) is 2.65. The van der Waals surface area contributed by atoms with E-state index in [1.165, 1.54) is 0 Å². The molecular weight excluding hydrogens is 302 g/mol. The van der Waals surface area contributed by atoms with Crippen LogP contribution in [0, 0.1) is 5.92 Å². The molecule has 1 heterocycles. The number of hydrogen-bond acceptors (Lipinski definition) is 2. The van der Waals surface area contributed by atoms with E-state index in [1.54, 1.807) is 0 Å². The van der Waals surface area contributed by atoms with Crippen molar-refractivity contribution >= 4 is 39.0 Å². The van der Waals surface area contributed by atoms with Gasteiger partial charge in [-0.2, -0.15) is 0 Å². The van der Waals surface area contributed by atoms with Crippen molar-refractivity contribution in [1.82, 2.24) is 0 Å². The van der Waals surface area contributed by atoms with Crippen LogP contribution in [0.3, 0.4) is 0 Å². The van der Waals surface area contributed by atoms with Gasteiger partial charge in [-0.15, -0.1) is 0 Å². The summed E-state index contributed by atoms with van der Waals surface area (Å²) in [4.78, 5) is 13.9. The van der Waals surface area contributed by atoms with Crippen molar-refractivity contribution < 1.29 is 4.79 Å². The zero-order valence-electron chi connectivity index (χ0n) is 9.91. The first-order valence-electron chi connectivity index (χ1n) is 5.75. The lowest BCUT2D eigenvalue weighted by Gasteiger charge is -2.38. The summed E-state index contributed by atoms with van der Waals surface area (Å²) in [6.07, 6.45) is 0.624. The van der Waals surface area contributed by atoms with Crippen molar-refractivity contribution in [2.45, 2.75) is 26.3 Å². The number of halogens is 2. The van der Waals surface area contributed by atoms with Crippen LogP contribution in [0.15, 0.2) is 22.7 Å². The summed E-state index contributed by atoms with van der Waals surface area (Å²) in [6, 6.07) is 6.17. The van der Waals surface area contributed by atoms with Crippen molar-refractivity contribution in [1.29, 1.82) is 0 Å². The van der Waals surface area contributed by atoms with E-state index in [0.29, 0.717) is 17.2 Å². The van der Waals surface area contributed by atoms with E-state index in [0.717, 1.165) is 16.7 Å². The van der Waals surface area contributed by atoms with Crippen LogP contribution in [0.2, 0.25) is 5.02 Å². The average Bonchev–Trinajstić information content (AvgIpc) is 2.30. The molecule has 0 amide bonds. The lowest BCUT2D eigenvalue weighted by molar-refractivity contribution is -0.123. The molecule has 1 aromatic carbocycles. The minimum atomic E-state index is 0.0890. The van der Waals surface area contributed by atoms with Gasteiger partial charge in [0.2, 0.25) is 0 Å². The van der Waals surface area contributed by atoms with E-state index in [1.807, 2.05) is 25.1 Å². The molecule has 1 saturated heterocycles. The largest absolute Gasteiger partial charge is 0.368 e. The van der Waals surface area contributed by atoms with Gasteiger partial charge in [-0.3, -0.25) is 4.79 Å². The van der Waals surface area contributed by atoms with Crippen LogP contribution in [0.1, 0.15) is 20.3 Å². The molecule has 1 aliphatic rings. The zero-order valence-corrected chi connectivity index (χ0v) is 12.3. The molecule has 2 atom stereocenters. The maximum atomic E-state index is 11.6. The fraction of sp³-hybridized carbons (Fsp3) is 0.462. The summed E-state index contributed by atoms with van der Waals surface area (Å²) < 4.78 is 0.900. The summed E-state index contributed by atoms with van der Waals surface area (Å²) >= 11 is 9.49. The van der Waals surface area contributed by atoms with Gasteiger partial charge in [0, 0.05) is 35.1 Å². The first-order chi connectivity index (χ1) is 8.00. The molecule has 1 fully saturated rings. The molecule has 1 aliphatic heterocycles. The molecule has 4 heteroatoms. The third-order valence-corrected chi connectivity index (χ3v) is 4.79. The van der Waals surface area contributed by atoms with Crippen LogP contribution < -0.4 is 4.90 Å². The van der Waals surface area contributed by atoms with Gasteiger partial charge in [0.05, 0.1) is 5.02 Å².